The third kappa shape index (κ3) is 5.16. The summed E-state index contributed by atoms with van der Waals surface area (Å²) in [6, 6.07) is 10.7. The Morgan fingerprint density at radius 2 is 1.29 bits per heavy atom. The van der Waals surface area contributed by atoms with Crippen LogP contribution in [0, 0.1) is 11.6 Å². The van der Waals surface area contributed by atoms with Crippen LogP contribution < -0.4 is 0 Å². The molecule has 1 aromatic carbocycles. The highest BCUT2D eigenvalue weighted by atomic mass is 19.1. The van der Waals surface area contributed by atoms with Crippen LogP contribution in [0.5, 0.6) is 0 Å². The third-order valence-electron chi connectivity index (χ3n) is 6.09. The van der Waals surface area contributed by atoms with E-state index < -0.39 is 23.0 Å². The van der Waals surface area contributed by atoms with Gasteiger partial charge in [0.25, 0.3) is 0 Å². The maximum absolute atomic E-state index is 14.7. The first-order valence-electron chi connectivity index (χ1n) is 11.2. The van der Waals surface area contributed by atoms with Gasteiger partial charge in [-0.05, 0) is 72.2 Å². The molecule has 0 spiro atoms. The maximum atomic E-state index is 14.7. The number of nitrogens with zero attached hydrogens (tertiary/aromatic N) is 2. The summed E-state index contributed by atoms with van der Waals surface area (Å²) in [6.45, 7) is 16.0. The molecule has 3 aromatic rings. The molecule has 6 heteroatoms. The second-order valence-corrected chi connectivity index (χ2v) is 11.3. The summed E-state index contributed by atoms with van der Waals surface area (Å²) in [5, 5.41) is 9.68. The molecule has 3 rings (SSSR count). The van der Waals surface area contributed by atoms with E-state index in [2.05, 4.69) is 4.98 Å². The predicted octanol–water partition coefficient (Wildman–Crippen LogP) is 7.04. The molecule has 0 aliphatic carbocycles. The van der Waals surface area contributed by atoms with Crippen molar-refractivity contribution in [3.8, 4) is 11.3 Å². The van der Waals surface area contributed by atoms with Gasteiger partial charge in [0.05, 0.1) is 17.1 Å². The minimum Gasteiger partial charge on any atom is -0.477 e. The summed E-state index contributed by atoms with van der Waals surface area (Å²) in [5.74, 6) is -2.45. The van der Waals surface area contributed by atoms with Crippen molar-refractivity contribution < 1.29 is 18.7 Å². The van der Waals surface area contributed by atoms with E-state index in [0.29, 0.717) is 17.1 Å². The molecular weight excluding hydrogens is 434 g/mol. The first kappa shape index (κ1) is 25.5. The summed E-state index contributed by atoms with van der Waals surface area (Å²) in [6.07, 6.45) is 0. The molecule has 0 aliphatic heterocycles. The number of aromatic carboxylic acids is 1. The van der Waals surface area contributed by atoms with Gasteiger partial charge in [0.15, 0.2) is 0 Å². The number of carboxylic acid groups (broad SMARTS) is 1. The molecule has 2 heterocycles. The standard InChI is InChI=1S/C28H32F2N2O2/c1-26(2,3)16-11-21(19-10-9-18(29)15-20(19)30)31-23(13-16)28(7,8)24-14-17(27(4,5)6)12-22(32-24)25(33)34/h9-15H,1-8H3,(H,33,34). The molecule has 4 nitrogen and oxygen atoms in total. The average molecular weight is 467 g/mol. The molecule has 180 valence electrons. The Morgan fingerprint density at radius 1 is 0.765 bits per heavy atom. The van der Waals surface area contributed by atoms with Crippen LogP contribution in [-0.2, 0) is 16.2 Å². The Balaban J connectivity index is 2.29. The Hall–Kier alpha value is -3.15. The second kappa shape index (κ2) is 8.57. The molecule has 34 heavy (non-hydrogen) atoms. The third-order valence-corrected chi connectivity index (χ3v) is 6.09. The molecular formula is C28H32F2N2O2. The van der Waals surface area contributed by atoms with Gasteiger partial charge < -0.3 is 5.11 Å². The van der Waals surface area contributed by atoms with Gasteiger partial charge in [0.1, 0.15) is 17.3 Å². The average Bonchev–Trinajstić information content (AvgIpc) is 2.71. The Bertz CT molecular complexity index is 1250. The predicted molar refractivity (Wildman–Crippen MR) is 130 cm³/mol. The van der Waals surface area contributed by atoms with Crippen molar-refractivity contribution in [2.45, 2.75) is 71.6 Å². The Morgan fingerprint density at radius 3 is 1.79 bits per heavy atom. The highest BCUT2D eigenvalue weighted by molar-refractivity contribution is 5.85. The number of pyridine rings is 2. The van der Waals surface area contributed by atoms with Gasteiger partial charge >= 0.3 is 5.97 Å². The molecule has 2 aromatic heterocycles. The fourth-order valence-electron chi connectivity index (χ4n) is 3.64. The summed E-state index contributed by atoms with van der Waals surface area (Å²) in [7, 11) is 0. The van der Waals surface area contributed by atoms with Crippen molar-refractivity contribution in [1.82, 2.24) is 9.97 Å². The summed E-state index contributed by atoms with van der Waals surface area (Å²) >= 11 is 0. The van der Waals surface area contributed by atoms with Crippen LogP contribution in [0.3, 0.4) is 0 Å². The van der Waals surface area contributed by atoms with E-state index in [0.717, 1.165) is 17.2 Å². The lowest BCUT2D eigenvalue weighted by Gasteiger charge is -2.29. The second-order valence-electron chi connectivity index (χ2n) is 11.3. The SMILES string of the molecule is CC(C)(C)c1cc(C(=O)O)nc(C(C)(C)c2cc(C(C)(C)C)cc(-c3ccc(F)cc3F)n2)c1. The number of aromatic nitrogens is 2. The highest BCUT2D eigenvalue weighted by Crippen LogP contribution is 2.37. The van der Waals surface area contributed by atoms with Crippen LogP contribution in [-0.4, -0.2) is 21.0 Å². The van der Waals surface area contributed by atoms with Crippen LogP contribution in [0.15, 0.2) is 42.5 Å². The van der Waals surface area contributed by atoms with Crippen molar-refractivity contribution in [2.75, 3.05) is 0 Å². The van der Waals surface area contributed by atoms with E-state index in [-0.39, 0.29) is 22.1 Å². The topological polar surface area (TPSA) is 63.1 Å². The zero-order valence-electron chi connectivity index (χ0n) is 21.0. The lowest BCUT2D eigenvalue weighted by atomic mass is 9.78. The van der Waals surface area contributed by atoms with Gasteiger partial charge in [0.2, 0.25) is 0 Å². The van der Waals surface area contributed by atoms with Crippen LogP contribution in [0.25, 0.3) is 11.3 Å². The molecule has 0 bridgehead atoms. The van der Waals surface area contributed by atoms with Gasteiger partial charge in [0, 0.05) is 17.0 Å². The van der Waals surface area contributed by atoms with Gasteiger partial charge in [-0.3, -0.25) is 4.98 Å². The zero-order chi connectivity index (χ0) is 25.6. The fourth-order valence-corrected chi connectivity index (χ4v) is 3.64. The van der Waals surface area contributed by atoms with Gasteiger partial charge in [-0.25, -0.2) is 18.6 Å². The fraction of sp³-hybridized carbons (Fsp3) is 0.393. The lowest BCUT2D eigenvalue weighted by Crippen LogP contribution is -2.26. The number of benzene rings is 1. The summed E-state index contributed by atoms with van der Waals surface area (Å²) < 4.78 is 28.2. The van der Waals surface area contributed by atoms with Crippen molar-refractivity contribution in [2.24, 2.45) is 0 Å². The van der Waals surface area contributed by atoms with Gasteiger partial charge in [-0.2, -0.15) is 0 Å². The molecule has 0 aliphatic rings. The van der Waals surface area contributed by atoms with E-state index >= 15 is 0 Å². The van der Waals surface area contributed by atoms with E-state index in [9.17, 15) is 18.7 Å². The first-order chi connectivity index (χ1) is 15.5. The molecule has 0 unspecified atom stereocenters. The van der Waals surface area contributed by atoms with E-state index in [1.807, 2.05) is 73.6 Å². The summed E-state index contributed by atoms with van der Waals surface area (Å²) in [4.78, 5) is 21.1. The lowest BCUT2D eigenvalue weighted by molar-refractivity contribution is 0.0689. The van der Waals surface area contributed by atoms with Crippen molar-refractivity contribution >= 4 is 5.97 Å². The van der Waals surface area contributed by atoms with Crippen molar-refractivity contribution in [1.29, 1.82) is 0 Å². The first-order valence-corrected chi connectivity index (χ1v) is 11.2. The normalized spacial score (nSPS) is 12.6. The number of carboxylic acids is 1. The largest absolute Gasteiger partial charge is 0.477 e. The number of hydrogen-bond acceptors (Lipinski definition) is 3. The maximum Gasteiger partial charge on any atom is 0.354 e. The Labute approximate surface area is 200 Å². The van der Waals surface area contributed by atoms with Crippen molar-refractivity contribution in [3.63, 3.8) is 0 Å². The molecule has 1 N–H and O–H groups in total. The van der Waals surface area contributed by atoms with Gasteiger partial charge in [-0.1, -0.05) is 41.5 Å². The van der Waals surface area contributed by atoms with Crippen molar-refractivity contribution in [3.05, 3.63) is 82.3 Å². The number of carbonyl (C=O) groups is 1. The van der Waals surface area contributed by atoms with Crippen LogP contribution >= 0.6 is 0 Å². The number of halogens is 2. The molecule has 0 saturated carbocycles. The molecule has 0 fully saturated rings. The molecule has 0 amide bonds. The van der Waals surface area contributed by atoms with Crippen LogP contribution in [0.4, 0.5) is 8.78 Å². The summed E-state index contributed by atoms with van der Waals surface area (Å²) in [5.41, 5.74) is 2.15. The van der Waals surface area contributed by atoms with Crippen LogP contribution in [0.1, 0.15) is 88.4 Å². The highest BCUT2D eigenvalue weighted by Gasteiger charge is 2.32. The van der Waals surface area contributed by atoms with E-state index in [4.69, 9.17) is 4.98 Å². The van der Waals surface area contributed by atoms with E-state index in [1.54, 1.807) is 6.07 Å². The number of rotatable bonds is 4. The smallest absolute Gasteiger partial charge is 0.354 e. The minimum atomic E-state index is -1.10. The molecule has 0 atom stereocenters. The molecule has 0 radical (unpaired) electrons. The minimum absolute atomic E-state index is 0.0349. The Kier molecular flexibility index (Phi) is 6.42. The van der Waals surface area contributed by atoms with E-state index in [1.165, 1.54) is 12.1 Å². The van der Waals surface area contributed by atoms with Gasteiger partial charge in [-0.15, -0.1) is 0 Å². The quantitative estimate of drug-likeness (QED) is 0.448. The zero-order valence-corrected chi connectivity index (χ0v) is 21.0. The number of hydrogen-bond donors (Lipinski definition) is 1. The molecule has 0 saturated heterocycles. The van der Waals surface area contributed by atoms with Crippen LogP contribution in [0.2, 0.25) is 0 Å². The monoisotopic (exact) mass is 466 g/mol.